The summed E-state index contributed by atoms with van der Waals surface area (Å²) in [7, 11) is -13.2. The molecule has 6 nitrogen and oxygen atoms in total. The van der Waals surface area contributed by atoms with Crippen molar-refractivity contribution in [1.29, 1.82) is 0 Å². The van der Waals surface area contributed by atoms with E-state index in [0.717, 1.165) is 12.1 Å². The molecular formula is C34H19F15NO5PS. The van der Waals surface area contributed by atoms with E-state index < -0.39 is 109 Å². The molecule has 0 radical (unpaired) electrons. The molecule has 3 aliphatic rings. The van der Waals surface area contributed by atoms with Gasteiger partial charge in [-0.1, -0.05) is 28.8 Å². The average Bonchev–Trinajstić information content (AvgIpc) is 3.62. The summed E-state index contributed by atoms with van der Waals surface area (Å²) < 4.78 is 260. The molecular weight excluding hydrogens is 850 g/mol. The van der Waals surface area contributed by atoms with Crippen LogP contribution >= 0.6 is 7.75 Å². The number of aryl methyl sites for hydroxylation is 2. The van der Waals surface area contributed by atoms with Crippen molar-refractivity contribution in [2.45, 2.75) is 61.3 Å². The Hall–Kier alpha value is -4.43. The minimum atomic E-state index is -6.82. The van der Waals surface area contributed by atoms with Crippen LogP contribution in [0.3, 0.4) is 0 Å². The number of hydrogen-bond acceptors (Lipinski definition) is 5. The number of alkyl halides is 15. The average molecular weight is 870 g/mol. The SMILES string of the molecule is O=P1(NS(=O)(=O)C(F)(F)F)Oc2c(-c3cc(C(F)(F)F)cc(C(F)(F)F)c3)ccc3c2C2(CC3)CCc3ccc(-c4cc(C(F)(F)F)cc(C(F)(F)F)c4)c(c32)O1. The van der Waals surface area contributed by atoms with Crippen molar-refractivity contribution in [1.82, 2.24) is 4.49 Å². The highest BCUT2D eigenvalue weighted by Crippen LogP contribution is 2.66. The van der Waals surface area contributed by atoms with E-state index >= 15 is 0 Å². The van der Waals surface area contributed by atoms with Crippen molar-refractivity contribution in [2.24, 2.45) is 0 Å². The van der Waals surface area contributed by atoms with E-state index in [1.54, 1.807) is 0 Å². The van der Waals surface area contributed by atoms with Gasteiger partial charge >= 0.3 is 48.0 Å². The van der Waals surface area contributed by atoms with Gasteiger partial charge in [-0.05, 0) is 84.3 Å². The van der Waals surface area contributed by atoms with Gasteiger partial charge in [0.1, 0.15) is 11.5 Å². The van der Waals surface area contributed by atoms with Crippen LogP contribution in [0.5, 0.6) is 11.5 Å². The molecule has 0 saturated carbocycles. The van der Waals surface area contributed by atoms with Gasteiger partial charge in [0.05, 0.1) is 22.3 Å². The molecule has 1 aliphatic heterocycles. The van der Waals surface area contributed by atoms with Gasteiger partial charge in [0.25, 0.3) is 0 Å². The summed E-state index contributed by atoms with van der Waals surface area (Å²) >= 11 is 0. The zero-order valence-corrected chi connectivity index (χ0v) is 29.4. The molecule has 1 N–H and O–H groups in total. The van der Waals surface area contributed by atoms with Gasteiger partial charge in [0, 0.05) is 27.7 Å². The maximum Gasteiger partial charge on any atom is 0.526 e. The Balaban J connectivity index is 1.58. The van der Waals surface area contributed by atoms with Gasteiger partial charge in [-0.3, -0.25) is 0 Å². The third-order valence-electron chi connectivity index (χ3n) is 9.84. The number of hydrogen-bond donors (Lipinski definition) is 1. The number of benzene rings is 4. The van der Waals surface area contributed by atoms with Gasteiger partial charge in [-0.15, -0.1) is 0 Å². The summed E-state index contributed by atoms with van der Waals surface area (Å²) in [6, 6.07) is 4.68. The van der Waals surface area contributed by atoms with Crippen molar-refractivity contribution in [3.05, 3.63) is 105 Å². The molecule has 0 atom stereocenters. The fourth-order valence-electron chi connectivity index (χ4n) is 7.52. The van der Waals surface area contributed by atoms with Gasteiger partial charge in [0.2, 0.25) is 0 Å². The zero-order valence-electron chi connectivity index (χ0n) is 27.7. The van der Waals surface area contributed by atoms with Gasteiger partial charge in [0.15, 0.2) is 0 Å². The minimum absolute atomic E-state index is 0.0220. The Labute approximate surface area is 310 Å². The molecule has 4 aromatic rings. The standard InChI is InChI=1S/C34H19F15NO5PS/c35-30(36,37)19-9-17(10-20(13-19)31(38,39)40)23-3-1-15-5-7-29-8-6-16-2-4-24(18-11-21(32(41,42)43)14-22(12-18)33(44,45)46)28(26(16)29)55-56(51,54-27(23)25(15)29)50-57(52,53)34(47,48)49/h1-4,9-14H,5-8H2,(H,50,51). The lowest BCUT2D eigenvalue weighted by Gasteiger charge is -2.36. The fourth-order valence-corrected chi connectivity index (χ4v) is 10.3. The number of nitrogens with one attached hydrogen (secondary N) is 1. The molecule has 1 spiro atoms. The van der Waals surface area contributed by atoms with Crippen molar-refractivity contribution < 1.29 is 87.9 Å². The number of sulfonamides is 1. The van der Waals surface area contributed by atoms with Gasteiger partial charge in [-0.25, -0.2) is 13.0 Å². The van der Waals surface area contributed by atoms with Crippen molar-refractivity contribution in [2.75, 3.05) is 0 Å². The van der Waals surface area contributed by atoms with E-state index in [0.29, 0.717) is 4.49 Å². The van der Waals surface area contributed by atoms with Crippen LogP contribution in [-0.2, 0) is 57.6 Å². The summed E-state index contributed by atoms with van der Waals surface area (Å²) in [6.45, 7) is 0. The van der Waals surface area contributed by atoms with E-state index in [2.05, 4.69) is 0 Å². The number of halogens is 15. The first-order valence-electron chi connectivity index (χ1n) is 16.0. The van der Waals surface area contributed by atoms with E-state index in [4.69, 9.17) is 9.05 Å². The van der Waals surface area contributed by atoms with Crippen LogP contribution in [0.25, 0.3) is 22.3 Å². The van der Waals surface area contributed by atoms with Crippen LogP contribution in [-0.4, -0.2) is 13.9 Å². The topological polar surface area (TPSA) is 81.7 Å². The Bertz CT molecular complexity index is 2290. The lowest BCUT2D eigenvalue weighted by Crippen LogP contribution is -2.37. The van der Waals surface area contributed by atoms with Crippen LogP contribution in [0.1, 0.15) is 57.3 Å². The first-order chi connectivity index (χ1) is 25.9. The first kappa shape index (κ1) is 40.8. The second-order valence-corrected chi connectivity index (χ2v) is 16.9. The second kappa shape index (κ2) is 12.5. The van der Waals surface area contributed by atoms with Crippen molar-refractivity contribution >= 4 is 17.8 Å². The van der Waals surface area contributed by atoms with E-state index in [9.17, 15) is 78.8 Å². The lowest BCUT2D eigenvalue weighted by atomic mass is 9.74. The normalized spacial score (nSPS) is 17.6. The molecule has 0 amide bonds. The molecule has 0 saturated heterocycles. The molecule has 1 heterocycles. The maximum absolute atomic E-state index is 14.6. The largest absolute Gasteiger partial charge is 0.526 e. The smallest absolute Gasteiger partial charge is 0.403 e. The molecule has 4 aromatic carbocycles. The Morgan fingerprint density at radius 2 is 0.877 bits per heavy atom. The lowest BCUT2D eigenvalue weighted by molar-refractivity contribution is -0.144. The van der Waals surface area contributed by atoms with E-state index in [1.807, 2.05) is 0 Å². The Morgan fingerprint density at radius 1 is 0.544 bits per heavy atom. The van der Waals surface area contributed by atoms with Crippen molar-refractivity contribution in [3.8, 4) is 33.8 Å². The molecule has 0 unspecified atom stereocenters. The van der Waals surface area contributed by atoms with Crippen LogP contribution in [0, 0.1) is 0 Å². The van der Waals surface area contributed by atoms with Crippen molar-refractivity contribution in [3.63, 3.8) is 0 Å². The van der Waals surface area contributed by atoms with Gasteiger partial charge < -0.3 is 9.05 Å². The zero-order chi connectivity index (χ0) is 42.1. The Morgan fingerprint density at radius 3 is 1.18 bits per heavy atom. The summed E-state index contributed by atoms with van der Waals surface area (Å²) in [5, 5.41) is 0. The molecule has 2 aliphatic carbocycles. The first-order valence-corrected chi connectivity index (χ1v) is 19.0. The summed E-state index contributed by atoms with van der Waals surface area (Å²) in [6.07, 6.45) is -21.8. The van der Waals surface area contributed by atoms with Crippen LogP contribution in [0.15, 0.2) is 60.7 Å². The predicted molar refractivity (Wildman–Crippen MR) is 168 cm³/mol. The highest BCUT2D eigenvalue weighted by Gasteiger charge is 2.57. The molecule has 57 heavy (non-hydrogen) atoms. The van der Waals surface area contributed by atoms with E-state index in [-0.39, 0.29) is 84.3 Å². The molecule has 306 valence electrons. The number of rotatable bonds is 4. The summed E-state index contributed by atoms with van der Waals surface area (Å²) in [5.41, 5.74) is -18.7. The highest BCUT2D eigenvalue weighted by atomic mass is 32.2. The van der Waals surface area contributed by atoms with Crippen LogP contribution < -0.4 is 13.5 Å². The minimum Gasteiger partial charge on any atom is -0.403 e. The third-order valence-corrected chi connectivity index (χ3v) is 13.2. The predicted octanol–water partition coefficient (Wildman–Crippen LogP) is 11.6. The Kier molecular flexibility index (Phi) is 8.96. The molecule has 0 aromatic heterocycles. The third kappa shape index (κ3) is 7.00. The fraction of sp³-hybridized carbons (Fsp3) is 0.294. The maximum atomic E-state index is 14.6. The van der Waals surface area contributed by atoms with Crippen LogP contribution in [0.4, 0.5) is 65.9 Å². The summed E-state index contributed by atoms with van der Waals surface area (Å²) in [4.78, 5) is 0. The second-order valence-electron chi connectivity index (χ2n) is 13.3. The van der Waals surface area contributed by atoms with Crippen LogP contribution in [0.2, 0.25) is 0 Å². The molecule has 23 heteroatoms. The van der Waals surface area contributed by atoms with Gasteiger partial charge in [-0.2, -0.15) is 65.9 Å². The highest BCUT2D eigenvalue weighted by molar-refractivity contribution is 7.95. The molecule has 0 bridgehead atoms. The monoisotopic (exact) mass is 869 g/mol. The summed E-state index contributed by atoms with van der Waals surface area (Å²) in [5.74, 6) is -1.90. The van der Waals surface area contributed by atoms with E-state index in [1.165, 1.54) is 12.1 Å². The molecule has 0 fully saturated rings. The quantitative estimate of drug-likeness (QED) is 0.163. The molecule has 7 rings (SSSR count).